The van der Waals surface area contributed by atoms with E-state index in [9.17, 15) is 23.4 Å². The number of nitrogens with zero attached hydrogens (tertiary/aromatic N) is 3. The summed E-state index contributed by atoms with van der Waals surface area (Å²) in [4.78, 5) is 57.4. The van der Waals surface area contributed by atoms with Gasteiger partial charge in [-0.05, 0) is 6.08 Å². The van der Waals surface area contributed by atoms with E-state index in [2.05, 4.69) is 28.1 Å². The minimum absolute atomic E-state index is 0.00193. The molecule has 0 bridgehead atoms. The fraction of sp³-hybridized carbons (Fsp3) is 0.300. The molecule has 1 aliphatic heterocycles. The van der Waals surface area contributed by atoms with Crippen LogP contribution in [0.3, 0.4) is 0 Å². The van der Waals surface area contributed by atoms with Crippen molar-refractivity contribution < 1.29 is 51.2 Å². The maximum Gasteiger partial charge on any atom is 0.490 e. The van der Waals surface area contributed by atoms with Crippen LogP contribution in [0.1, 0.15) is 6.23 Å². The number of nitrogen functional groups attached to an aromatic ring is 1. The van der Waals surface area contributed by atoms with E-state index in [-0.39, 0.29) is 17.1 Å². The van der Waals surface area contributed by atoms with Crippen LogP contribution < -0.4 is 11.3 Å². The third-order valence-corrected chi connectivity index (χ3v) is 7.15. The molecule has 20 heteroatoms. The molecule has 2 aromatic heterocycles. The lowest BCUT2D eigenvalue weighted by Crippen LogP contribution is -2.18. The molecule has 7 N–H and O–H groups in total. The number of rotatable bonds is 8. The summed E-state index contributed by atoms with van der Waals surface area (Å²) in [5.74, 6) is -0.152. The number of fused-ring (bicyclic) bond motifs is 1. The lowest BCUT2D eigenvalue weighted by atomic mass is 10.4. The second-order valence-corrected chi connectivity index (χ2v) is 10.0. The van der Waals surface area contributed by atoms with Crippen molar-refractivity contribution in [2.45, 2.75) is 12.3 Å². The standard InChI is InChI=1S/C10H14N5O12P3/c11-10-13-8-7(9(16)14-10)12-4-15(8)6-2-1-5(25-6)3-24-29(20,21)27-30(22,23)26-28(17,18)19/h1-2,4-6H,3H2,(H,20,21)(H,22,23)(H2,17,18,19)(H3,11,13,14,16)/t5-,6+/m0/s1. The van der Waals surface area contributed by atoms with Crippen LogP contribution in [0.4, 0.5) is 5.95 Å². The van der Waals surface area contributed by atoms with Crippen molar-refractivity contribution in [3.05, 3.63) is 28.8 Å². The second-order valence-electron chi connectivity index (χ2n) is 5.61. The van der Waals surface area contributed by atoms with Crippen molar-refractivity contribution in [2.24, 2.45) is 0 Å². The van der Waals surface area contributed by atoms with Gasteiger partial charge in [-0.25, -0.2) is 18.7 Å². The highest BCUT2D eigenvalue weighted by Crippen LogP contribution is 2.66. The minimum Gasteiger partial charge on any atom is -0.369 e. The van der Waals surface area contributed by atoms with Crippen LogP contribution in [-0.2, 0) is 31.6 Å². The molecule has 0 spiro atoms. The van der Waals surface area contributed by atoms with Gasteiger partial charge in [0.05, 0.1) is 12.9 Å². The number of nitrogens with one attached hydrogen (secondary N) is 1. The number of nitrogens with two attached hydrogens (primary N) is 1. The highest BCUT2D eigenvalue weighted by atomic mass is 31.3. The fourth-order valence-corrected chi connectivity index (χ4v) is 5.37. The summed E-state index contributed by atoms with van der Waals surface area (Å²) in [7, 11) is -16.4. The van der Waals surface area contributed by atoms with Gasteiger partial charge in [0.2, 0.25) is 5.95 Å². The van der Waals surface area contributed by atoms with Crippen LogP contribution in [0, 0.1) is 0 Å². The van der Waals surface area contributed by atoms with E-state index in [1.807, 2.05) is 0 Å². The molecule has 3 heterocycles. The summed E-state index contributed by atoms with van der Waals surface area (Å²) in [5, 5.41) is 0. The smallest absolute Gasteiger partial charge is 0.369 e. The van der Waals surface area contributed by atoms with Crippen LogP contribution in [0.15, 0.2) is 23.3 Å². The van der Waals surface area contributed by atoms with Crippen molar-refractivity contribution in [2.75, 3.05) is 12.3 Å². The van der Waals surface area contributed by atoms with E-state index in [1.54, 1.807) is 0 Å². The second kappa shape index (κ2) is 8.07. The van der Waals surface area contributed by atoms with E-state index in [0.717, 1.165) is 0 Å². The van der Waals surface area contributed by atoms with E-state index in [4.69, 9.17) is 25.2 Å². The Kier molecular flexibility index (Phi) is 6.17. The number of imidazole rings is 1. The summed E-state index contributed by atoms with van der Waals surface area (Å²) in [6, 6.07) is 0. The number of aromatic nitrogens is 4. The Morgan fingerprint density at radius 3 is 2.53 bits per heavy atom. The van der Waals surface area contributed by atoms with Gasteiger partial charge in [-0.3, -0.25) is 18.9 Å². The number of phosphoric ester groups is 1. The zero-order valence-corrected chi connectivity index (χ0v) is 17.1. The molecule has 2 unspecified atom stereocenters. The molecule has 1 aliphatic rings. The topological polar surface area (TPSA) is 259 Å². The third-order valence-electron chi connectivity index (χ3n) is 3.35. The van der Waals surface area contributed by atoms with Gasteiger partial charge in [0.1, 0.15) is 6.10 Å². The maximum atomic E-state index is 11.8. The van der Waals surface area contributed by atoms with Gasteiger partial charge in [0, 0.05) is 0 Å². The normalized spacial score (nSPS) is 23.5. The predicted octanol–water partition coefficient (Wildman–Crippen LogP) is -0.501. The molecule has 0 saturated carbocycles. The fourth-order valence-electron chi connectivity index (χ4n) is 2.34. The Balaban J connectivity index is 1.63. The molecule has 0 aromatic carbocycles. The number of hydrogen-bond donors (Lipinski definition) is 6. The lowest BCUT2D eigenvalue weighted by molar-refractivity contribution is -0.00657. The minimum atomic E-state index is -5.61. The zero-order valence-electron chi connectivity index (χ0n) is 14.4. The van der Waals surface area contributed by atoms with Crippen LogP contribution in [-0.4, -0.2) is 51.8 Å². The van der Waals surface area contributed by atoms with Crippen molar-refractivity contribution in [3.8, 4) is 0 Å². The molecule has 2 aromatic rings. The van der Waals surface area contributed by atoms with Gasteiger partial charge in [-0.2, -0.15) is 13.6 Å². The maximum absolute atomic E-state index is 11.8. The Bertz CT molecular complexity index is 1190. The monoisotopic (exact) mass is 489 g/mol. The zero-order chi connectivity index (χ0) is 22.3. The van der Waals surface area contributed by atoms with E-state index < -0.39 is 48.0 Å². The van der Waals surface area contributed by atoms with Crippen molar-refractivity contribution >= 4 is 40.6 Å². The van der Waals surface area contributed by atoms with Gasteiger partial charge in [0.15, 0.2) is 17.4 Å². The first-order chi connectivity index (χ1) is 13.7. The molecule has 0 saturated heterocycles. The predicted molar refractivity (Wildman–Crippen MR) is 95.4 cm³/mol. The average molecular weight is 489 g/mol. The Morgan fingerprint density at radius 2 is 1.87 bits per heavy atom. The molecule has 0 fully saturated rings. The van der Waals surface area contributed by atoms with Crippen LogP contribution in [0.5, 0.6) is 0 Å². The molecule has 0 amide bonds. The molecular formula is C10H14N5O12P3. The van der Waals surface area contributed by atoms with Crippen molar-refractivity contribution in [1.29, 1.82) is 0 Å². The van der Waals surface area contributed by atoms with E-state index in [1.165, 1.54) is 23.0 Å². The first-order valence-corrected chi connectivity index (χ1v) is 12.1. The van der Waals surface area contributed by atoms with E-state index >= 15 is 0 Å². The molecule has 17 nitrogen and oxygen atoms in total. The van der Waals surface area contributed by atoms with Gasteiger partial charge < -0.3 is 30.0 Å². The first kappa shape index (κ1) is 22.9. The van der Waals surface area contributed by atoms with Gasteiger partial charge in [-0.15, -0.1) is 0 Å². The largest absolute Gasteiger partial charge is 0.490 e. The summed E-state index contributed by atoms with van der Waals surface area (Å²) in [6.45, 7) is -0.667. The van der Waals surface area contributed by atoms with Crippen LogP contribution in [0.2, 0.25) is 0 Å². The number of ether oxygens (including phenoxy) is 1. The highest BCUT2D eigenvalue weighted by molar-refractivity contribution is 7.66. The Hall–Kier alpha value is -1.74. The Labute approximate surface area is 165 Å². The molecule has 0 radical (unpaired) electrons. The molecule has 166 valence electrons. The number of phosphoric acid groups is 3. The summed E-state index contributed by atoms with van der Waals surface area (Å²) >= 11 is 0. The number of hydrogen-bond acceptors (Lipinski definition) is 11. The van der Waals surface area contributed by atoms with Gasteiger partial charge >= 0.3 is 23.5 Å². The van der Waals surface area contributed by atoms with Gasteiger partial charge in [0.25, 0.3) is 5.56 Å². The number of aromatic amines is 1. The lowest BCUT2D eigenvalue weighted by Gasteiger charge is -2.18. The van der Waals surface area contributed by atoms with Crippen LogP contribution in [0.25, 0.3) is 11.2 Å². The molecule has 30 heavy (non-hydrogen) atoms. The number of H-pyrrole nitrogens is 1. The summed E-state index contributed by atoms with van der Waals surface area (Å²) in [5.41, 5.74) is 5.04. The van der Waals surface area contributed by atoms with Crippen molar-refractivity contribution in [3.63, 3.8) is 0 Å². The SMILES string of the molecule is Nc1nc2c(ncn2[C@H]2C=C[C@@H](COP(=O)(O)OP(=O)(O)OP(=O)(O)O)O2)c(=O)[nH]1. The Morgan fingerprint density at radius 1 is 1.17 bits per heavy atom. The summed E-state index contributed by atoms with van der Waals surface area (Å²) < 4.78 is 52.1. The third kappa shape index (κ3) is 5.69. The summed E-state index contributed by atoms with van der Waals surface area (Å²) in [6.07, 6.45) is 2.32. The molecule has 3 rings (SSSR count). The molecular weight excluding hydrogens is 475 g/mol. The van der Waals surface area contributed by atoms with Crippen molar-refractivity contribution in [1.82, 2.24) is 19.5 Å². The quantitative estimate of drug-likeness (QED) is 0.202. The van der Waals surface area contributed by atoms with E-state index in [0.29, 0.717) is 0 Å². The molecule has 0 aliphatic carbocycles. The number of anilines is 1. The highest BCUT2D eigenvalue weighted by Gasteiger charge is 2.41. The first-order valence-electron chi connectivity index (χ1n) is 7.59. The molecule has 4 atom stereocenters. The average Bonchev–Trinajstić information content (AvgIpc) is 3.15. The van der Waals surface area contributed by atoms with Crippen LogP contribution >= 0.6 is 23.5 Å². The van der Waals surface area contributed by atoms with Gasteiger partial charge in [-0.1, -0.05) is 6.08 Å².